The monoisotopic (exact) mass is 797 g/mol. The van der Waals surface area contributed by atoms with Gasteiger partial charge in [0, 0.05) is 6.54 Å². The highest BCUT2D eigenvalue weighted by Crippen LogP contribution is 2.43. The number of rotatable bonds is 41. The molecule has 10 heteroatoms. The van der Waals surface area contributed by atoms with Crippen molar-refractivity contribution in [1.82, 2.24) is 5.32 Å². The zero-order chi connectivity index (χ0) is 40.5. The topological polar surface area (TPSA) is 151 Å². The fourth-order valence-corrected chi connectivity index (χ4v) is 7.04. The number of carbonyl (C=O) groups excluding carboxylic acids is 1. The molecule has 1 amide bonds. The first kappa shape index (κ1) is 53.4. The predicted molar refractivity (Wildman–Crippen MR) is 232 cm³/mol. The quantitative estimate of drug-likeness (QED) is 0.0233. The molecule has 0 fully saturated rings. The summed E-state index contributed by atoms with van der Waals surface area (Å²) < 4.78 is 22.0. The molecule has 55 heavy (non-hydrogen) atoms. The number of amides is 1. The largest absolute Gasteiger partial charge is 0.472 e. The van der Waals surface area contributed by atoms with Crippen LogP contribution < -0.4 is 11.1 Å². The lowest BCUT2D eigenvalue weighted by Crippen LogP contribution is -2.46. The van der Waals surface area contributed by atoms with E-state index in [1.54, 1.807) is 6.08 Å². The van der Waals surface area contributed by atoms with Crippen LogP contribution in [-0.4, -0.2) is 59.0 Å². The maximum absolute atomic E-state index is 12.8. The first-order chi connectivity index (χ1) is 26.8. The van der Waals surface area contributed by atoms with Crippen molar-refractivity contribution in [2.45, 2.75) is 212 Å². The minimum absolute atomic E-state index is 0.0413. The summed E-state index contributed by atoms with van der Waals surface area (Å²) in [5, 5.41) is 24.0. The van der Waals surface area contributed by atoms with E-state index in [0.29, 0.717) is 12.8 Å². The van der Waals surface area contributed by atoms with Crippen LogP contribution in [0.5, 0.6) is 0 Å². The van der Waals surface area contributed by atoms with Gasteiger partial charge in [0.2, 0.25) is 5.91 Å². The first-order valence-corrected chi connectivity index (χ1v) is 23.8. The maximum Gasteiger partial charge on any atom is 0.472 e. The van der Waals surface area contributed by atoms with Gasteiger partial charge in [0.25, 0.3) is 0 Å². The number of nitrogens with one attached hydrogen (secondary N) is 1. The molecule has 6 N–H and O–H groups in total. The Balaban J connectivity index is 4.29. The molecular formula is C45H85N2O7P. The Labute approximate surface area is 337 Å². The lowest BCUT2D eigenvalue weighted by Gasteiger charge is -2.24. The van der Waals surface area contributed by atoms with E-state index in [1.165, 1.54) is 103 Å². The number of aliphatic hydroxyl groups is 2. The van der Waals surface area contributed by atoms with Gasteiger partial charge in [-0.1, -0.05) is 172 Å². The highest BCUT2D eigenvalue weighted by Gasteiger charge is 2.27. The van der Waals surface area contributed by atoms with E-state index >= 15 is 0 Å². The van der Waals surface area contributed by atoms with Gasteiger partial charge in [0.15, 0.2) is 0 Å². The minimum atomic E-state index is -4.41. The van der Waals surface area contributed by atoms with Gasteiger partial charge in [-0.05, 0) is 64.2 Å². The van der Waals surface area contributed by atoms with Crippen molar-refractivity contribution in [2.75, 3.05) is 19.8 Å². The van der Waals surface area contributed by atoms with E-state index in [-0.39, 0.29) is 19.6 Å². The first-order valence-electron chi connectivity index (χ1n) is 22.3. The number of phosphoric acid groups is 1. The van der Waals surface area contributed by atoms with Crippen LogP contribution in [0.2, 0.25) is 0 Å². The zero-order valence-electron chi connectivity index (χ0n) is 35.3. The van der Waals surface area contributed by atoms with Gasteiger partial charge in [-0.25, -0.2) is 4.57 Å². The SMILES string of the molecule is CCCCCCCC/C=C/CC/C=C/C(O)C(COP(=O)(O)OCCN)NC(=O)CC(O)CCCCCCC/C=C\C/C=C\CCCCCCCCCCC. The lowest BCUT2D eigenvalue weighted by molar-refractivity contribution is -0.124. The summed E-state index contributed by atoms with van der Waals surface area (Å²) in [7, 11) is -4.41. The molecule has 0 aromatic carbocycles. The van der Waals surface area contributed by atoms with Gasteiger partial charge < -0.3 is 26.2 Å². The smallest absolute Gasteiger partial charge is 0.393 e. The molecule has 4 atom stereocenters. The molecule has 322 valence electrons. The fraction of sp³-hybridized carbons (Fsp3) is 0.800. The second-order valence-electron chi connectivity index (χ2n) is 15.1. The normalized spacial score (nSPS) is 15.1. The Kier molecular flexibility index (Phi) is 39.4. The van der Waals surface area contributed by atoms with E-state index in [0.717, 1.165) is 57.8 Å². The molecule has 0 rings (SSSR count). The second-order valence-corrected chi connectivity index (χ2v) is 16.5. The molecule has 0 radical (unpaired) electrons. The van der Waals surface area contributed by atoms with Crippen LogP contribution in [0.1, 0.15) is 194 Å². The highest BCUT2D eigenvalue weighted by atomic mass is 31.2. The summed E-state index contributed by atoms with van der Waals surface area (Å²) in [6.07, 6.45) is 46.3. The number of hydrogen-bond donors (Lipinski definition) is 5. The second kappa shape index (κ2) is 40.6. The van der Waals surface area contributed by atoms with E-state index in [9.17, 15) is 24.5 Å². The van der Waals surface area contributed by atoms with Gasteiger partial charge in [-0.3, -0.25) is 13.8 Å². The number of unbranched alkanes of at least 4 members (excludes halogenated alkanes) is 21. The van der Waals surface area contributed by atoms with E-state index in [2.05, 4.69) is 55.6 Å². The number of allylic oxidation sites excluding steroid dienone is 7. The summed E-state index contributed by atoms with van der Waals surface area (Å²) in [6, 6.07) is -1.00. The van der Waals surface area contributed by atoms with E-state index < -0.39 is 38.6 Å². The molecule has 0 aromatic rings. The molecule has 0 saturated carbocycles. The van der Waals surface area contributed by atoms with Crippen LogP contribution in [0.4, 0.5) is 0 Å². The molecular weight excluding hydrogens is 711 g/mol. The Bertz CT molecular complexity index is 1020. The fourth-order valence-electron chi connectivity index (χ4n) is 6.28. The molecule has 0 heterocycles. The molecule has 0 aliphatic carbocycles. The molecule has 0 bridgehead atoms. The van der Waals surface area contributed by atoms with Gasteiger partial charge in [-0.15, -0.1) is 0 Å². The van der Waals surface area contributed by atoms with Crippen molar-refractivity contribution < 1.29 is 33.5 Å². The standard InChI is InChI=1S/C45H85N2O7P/c1-3-5-7-9-11-13-15-17-18-19-20-21-22-23-24-25-26-28-30-32-34-36-42(48)40-45(50)47-43(41-54-55(51,52)53-39-38-46)44(49)37-35-33-31-29-27-16-14-12-10-8-6-4-2/h20-21,23-24,27,29,35,37,42-44,48-49H,3-19,22,25-26,28,30-34,36,38-41,46H2,1-2H3,(H,47,50)(H,51,52)/b21-20-,24-23-,29-27+,37-35+. The van der Waals surface area contributed by atoms with Gasteiger partial charge in [-0.2, -0.15) is 0 Å². The third-order valence-corrected chi connectivity index (χ3v) is 10.7. The van der Waals surface area contributed by atoms with Crippen LogP contribution >= 0.6 is 7.82 Å². The van der Waals surface area contributed by atoms with Crippen LogP contribution in [0.3, 0.4) is 0 Å². The Hall–Kier alpha value is -1.58. The predicted octanol–water partition coefficient (Wildman–Crippen LogP) is 11.5. The number of nitrogens with two attached hydrogens (primary N) is 1. The average Bonchev–Trinajstić information content (AvgIpc) is 3.16. The third kappa shape index (κ3) is 39.0. The highest BCUT2D eigenvalue weighted by molar-refractivity contribution is 7.47. The van der Waals surface area contributed by atoms with Crippen molar-refractivity contribution in [1.29, 1.82) is 0 Å². The summed E-state index contributed by atoms with van der Waals surface area (Å²) >= 11 is 0. The van der Waals surface area contributed by atoms with E-state index in [1.807, 2.05) is 6.08 Å². The van der Waals surface area contributed by atoms with Gasteiger partial charge in [0.05, 0.1) is 37.9 Å². The molecule has 0 spiro atoms. The van der Waals surface area contributed by atoms with Crippen molar-refractivity contribution >= 4 is 13.7 Å². The molecule has 4 unspecified atom stereocenters. The molecule has 0 aliphatic heterocycles. The molecule has 0 saturated heterocycles. The molecule has 0 aromatic heterocycles. The van der Waals surface area contributed by atoms with Crippen LogP contribution in [0.25, 0.3) is 0 Å². The van der Waals surface area contributed by atoms with Gasteiger partial charge in [0.1, 0.15) is 0 Å². The third-order valence-electron chi connectivity index (χ3n) is 9.68. The number of hydrogen-bond acceptors (Lipinski definition) is 7. The van der Waals surface area contributed by atoms with Crippen LogP contribution in [0, 0.1) is 0 Å². The lowest BCUT2D eigenvalue weighted by atomic mass is 10.0. The summed E-state index contributed by atoms with van der Waals surface area (Å²) in [5.74, 6) is -0.466. The number of aliphatic hydroxyl groups excluding tert-OH is 2. The molecule has 0 aliphatic rings. The van der Waals surface area contributed by atoms with Crippen molar-refractivity contribution in [2.24, 2.45) is 5.73 Å². The summed E-state index contributed by atoms with van der Waals surface area (Å²) in [4.78, 5) is 22.7. The Morgan fingerprint density at radius 3 is 1.62 bits per heavy atom. The van der Waals surface area contributed by atoms with Crippen LogP contribution in [-0.2, 0) is 18.4 Å². The van der Waals surface area contributed by atoms with Crippen molar-refractivity contribution in [3.05, 3.63) is 48.6 Å². The number of carbonyl (C=O) groups is 1. The number of phosphoric ester groups is 1. The van der Waals surface area contributed by atoms with Gasteiger partial charge >= 0.3 is 7.82 Å². The van der Waals surface area contributed by atoms with Crippen LogP contribution in [0.15, 0.2) is 48.6 Å². The van der Waals surface area contributed by atoms with Crippen molar-refractivity contribution in [3.8, 4) is 0 Å². The Morgan fingerprint density at radius 1 is 0.636 bits per heavy atom. The summed E-state index contributed by atoms with van der Waals surface area (Å²) in [6.45, 7) is 3.92. The minimum Gasteiger partial charge on any atom is -0.393 e. The molecule has 9 nitrogen and oxygen atoms in total. The van der Waals surface area contributed by atoms with Crippen molar-refractivity contribution in [3.63, 3.8) is 0 Å². The average molecular weight is 797 g/mol. The summed E-state index contributed by atoms with van der Waals surface area (Å²) in [5.41, 5.74) is 5.35. The zero-order valence-corrected chi connectivity index (χ0v) is 36.2. The van der Waals surface area contributed by atoms with E-state index in [4.69, 9.17) is 14.8 Å². The Morgan fingerprint density at radius 2 is 1.09 bits per heavy atom. The maximum atomic E-state index is 12.8.